The Bertz CT molecular complexity index is 297. The van der Waals surface area contributed by atoms with E-state index in [1.165, 1.54) is 0 Å². The molecule has 0 saturated heterocycles. The minimum Gasteiger partial charge on any atom is -0.391 e. The first-order chi connectivity index (χ1) is 6.54. The molecule has 2 unspecified atom stereocenters. The molecular formula is C10H13Br2NO. The summed E-state index contributed by atoms with van der Waals surface area (Å²) in [5.41, 5.74) is 6.83. The summed E-state index contributed by atoms with van der Waals surface area (Å²) in [7, 11) is 0. The fraction of sp³-hybridized carbons (Fsp3) is 0.400. The van der Waals surface area contributed by atoms with Crippen LogP contribution in [0.2, 0.25) is 0 Å². The summed E-state index contributed by atoms with van der Waals surface area (Å²) in [5.74, 6) is 0. The monoisotopic (exact) mass is 321 g/mol. The van der Waals surface area contributed by atoms with E-state index in [0.717, 1.165) is 14.5 Å². The van der Waals surface area contributed by atoms with Gasteiger partial charge in [0.25, 0.3) is 0 Å². The van der Waals surface area contributed by atoms with Gasteiger partial charge in [0.1, 0.15) is 0 Å². The highest BCUT2D eigenvalue weighted by molar-refractivity contribution is 9.11. The fourth-order valence-electron chi connectivity index (χ4n) is 1.24. The van der Waals surface area contributed by atoms with E-state index in [9.17, 15) is 5.11 Å². The third-order valence-electron chi connectivity index (χ3n) is 2.10. The number of halogens is 2. The lowest BCUT2D eigenvalue weighted by atomic mass is 10.0. The van der Waals surface area contributed by atoms with Crippen molar-refractivity contribution in [2.45, 2.75) is 25.5 Å². The molecule has 4 heteroatoms. The zero-order valence-corrected chi connectivity index (χ0v) is 11.0. The third-order valence-corrected chi connectivity index (χ3v) is 3.02. The second-order valence-corrected chi connectivity index (χ2v) is 5.04. The molecule has 0 bridgehead atoms. The molecule has 78 valence electrons. The zero-order chi connectivity index (χ0) is 10.7. The van der Waals surface area contributed by atoms with Crippen LogP contribution in [0, 0.1) is 0 Å². The summed E-state index contributed by atoms with van der Waals surface area (Å²) < 4.78 is 1.92. The van der Waals surface area contributed by atoms with Gasteiger partial charge in [-0.25, -0.2) is 0 Å². The van der Waals surface area contributed by atoms with Crippen LogP contribution in [-0.2, 0) is 0 Å². The van der Waals surface area contributed by atoms with Gasteiger partial charge in [-0.05, 0) is 30.2 Å². The highest BCUT2D eigenvalue weighted by Gasteiger charge is 2.15. The van der Waals surface area contributed by atoms with Gasteiger partial charge >= 0.3 is 0 Å². The molecular weight excluding hydrogens is 310 g/mol. The molecule has 0 amide bonds. The van der Waals surface area contributed by atoms with E-state index < -0.39 is 6.10 Å². The van der Waals surface area contributed by atoms with Crippen LogP contribution >= 0.6 is 31.9 Å². The van der Waals surface area contributed by atoms with E-state index in [2.05, 4.69) is 31.9 Å². The highest BCUT2D eigenvalue weighted by atomic mass is 79.9. The molecule has 1 aromatic carbocycles. The second kappa shape index (κ2) is 5.26. The smallest absolute Gasteiger partial charge is 0.0730 e. The van der Waals surface area contributed by atoms with E-state index in [0.29, 0.717) is 6.42 Å². The van der Waals surface area contributed by atoms with Gasteiger partial charge in [0.2, 0.25) is 0 Å². The van der Waals surface area contributed by atoms with Crippen LogP contribution in [0.5, 0.6) is 0 Å². The van der Waals surface area contributed by atoms with Crippen LogP contribution in [0.1, 0.15) is 24.9 Å². The molecule has 0 saturated carbocycles. The van der Waals surface area contributed by atoms with E-state index in [4.69, 9.17) is 5.73 Å². The molecule has 0 heterocycles. The van der Waals surface area contributed by atoms with E-state index in [1.54, 1.807) is 0 Å². The average molecular weight is 323 g/mol. The van der Waals surface area contributed by atoms with E-state index in [-0.39, 0.29) is 6.04 Å². The minimum atomic E-state index is -0.490. The van der Waals surface area contributed by atoms with Gasteiger partial charge in [0.15, 0.2) is 0 Å². The molecule has 3 N–H and O–H groups in total. The van der Waals surface area contributed by atoms with Crippen molar-refractivity contribution in [2.24, 2.45) is 5.73 Å². The standard InChI is InChI=1S/C10H13Br2NO/c1-2-9(14)10(13)6-3-7(11)5-8(12)4-6/h3-5,9-10,14H,2,13H2,1H3. The van der Waals surface area contributed by atoms with Crippen molar-refractivity contribution in [1.82, 2.24) is 0 Å². The van der Waals surface area contributed by atoms with Crippen molar-refractivity contribution < 1.29 is 5.11 Å². The Labute approximate surface area is 101 Å². The van der Waals surface area contributed by atoms with Crippen molar-refractivity contribution in [3.63, 3.8) is 0 Å². The van der Waals surface area contributed by atoms with Crippen LogP contribution in [-0.4, -0.2) is 11.2 Å². The highest BCUT2D eigenvalue weighted by Crippen LogP contribution is 2.25. The molecule has 2 atom stereocenters. The summed E-state index contributed by atoms with van der Waals surface area (Å²) in [6.45, 7) is 1.91. The second-order valence-electron chi connectivity index (χ2n) is 3.20. The van der Waals surface area contributed by atoms with Crippen molar-refractivity contribution >= 4 is 31.9 Å². The first-order valence-electron chi connectivity index (χ1n) is 4.44. The maximum atomic E-state index is 9.61. The maximum absolute atomic E-state index is 9.61. The predicted molar refractivity (Wildman–Crippen MR) is 65.1 cm³/mol. The number of rotatable bonds is 3. The maximum Gasteiger partial charge on any atom is 0.0730 e. The van der Waals surface area contributed by atoms with Gasteiger partial charge < -0.3 is 10.8 Å². The van der Waals surface area contributed by atoms with Crippen molar-refractivity contribution in [1.29, 1.82) is 0 Å². The van der Waals surface area contributed by atoms with Gasteiger partial charge in [0.05, 0.1) is 12.1 Å². The Balaban J connectivity index is 2.94. The molecule has 0 aliphatic rings. The summed E-state index contributed by atoms with van der Waals surface area (Å²) >= 11 is 6.77. The molecule has 0 aromatic heterocycles. The van der Waals surface area contributed by atoms with E-state index in [1.807, 2.05) is 25.1 Å². The van der Waals surface area contributed by atoms with Crippen LogP contribution in [0.3, 0.4) is 0 Å². The quantitative estimate of drug-likeness (QED) is 0.898. The summed E-state index contributed by atoms with van der Waals surface area (Å²) in [6.07, 6.45) is 0.168. The van der Waals surface area contributed by atoms with Gasteiger partial charge in [-0.2, -0.15) is 0 Å². The predicted octanol–water partition coefficient (Wildman–Crippen LogP) is 2.98. The Morgan fingerprint density at radius 1 is 1.29 bits per heavy atom. The van der Waals surface area contributed by atoms with Crippen LogP contribution in [0.4, 0.5) is 0 Å². The molecule has 1 aromatic rings. The van der Waals surface area contributed by atoms with Crippen molar-refractivity contribution in [3.05, 3.63) is 32.7 Å². The lowest BCUT2D eigenvalue weighted by Crippen LogP contribution is -2.25. The molecule has 0 radical (unpaired) electrons. The number of nitrogens with two attached hydrogens (primary N) is 1. The molecule has 2 nitrogen and oxygen atoms in total. The normalized spacial score (nSPS) is 15.2. The van der Waals surface area contributed by atoms with Gasteiger partial charge in [-0.1, -0.05) is 38.8 Å². The summed E-state index contributed by atoms with van der Waals surface area (Å²) in [6, 6.07) is 5.46. The Morgan fingerprint density at radius 2 is 1.79 bits per heavy atom. The SMILES string of the molecule is CCC(O)C(N)c1cc(Br)cc(Br)c1. The molecule has 0 aliphatic carbocycles. The number of hydrogen-bond acceptors (Lipinski definition) is 2. The number of aliphatic hydroxyl groups excluding tert-OH is 1. The molecule has 0 fully saturated rings. The van der Waals surface area contributed by atoms with Crippen LogP contribution in [0.15, 0.2) is 27.1 Å². The molecule has 1 rings (SSSR count). The Hall–Kier alpha value is 0.1000. The summed E-state index contributed by atoms with van der Waals surface area (Å²) in [4.78, 5) is 0. The lowest BCUT2D eigenvalue weighted by Gasteiger charge is -2.18. The van der Waals surface area contributed by atoms with Gasteiger partial charge in [0, 0.05) is 8.95 Å². The van der Waals surface area contributed by atoms with Crippen LogP contribution in [0.25, 0.3) is 0 Å². The number of aliphatic hydroxyl groups is 1. The topological polar surface area (TPSA) is 46.2 Å². The average Bonchev–Trinajstić information content (AvgIpc) is 2.14. The first-order valence-corrected chi connectivity index (χ1v) is 6.02. The minimum absolute atomic E-state index is 0.325. The van der Waals surface area contributed by atoms with Crippen LogP contribution < -0.4 is 5.73 Å². The van der Waals surface area contributed by atoms with E-state index >= 15 is 0 Å². The Morgan fingerprint density at radius 3 is 2.21 bits per heavy atom. The van der Waals surface area contributed by atoms with Gasteiger partial charge in [-0.15, -0.1) is 0 Å². The Kier molecular flexibility index (Phi) is 4.57. The molecule has 14 heavy (non-hydrogen) atoms. The lowest BCUT2D eigenvalue weighted by molar-refractivity contribution is 0.140. The summed E-state index contributed by atoms with van der Waals surface area (Å²) in [5, 5.41) is 9.61. The first kappa shape index (κ1) is 12.2. The zero-order valence-electron chi connectivity index (χ0n) is 7.87. The largest absolute Gasteiger partial charge is 0.391 e. The van der Waals surface area contributed by atoms with Crippen molar-refractivity contribution in [2.75, 3.05) is 0 Å². The molecule has 0 spiro atoms. The third kappa shape index (κ3) is 3.05. The number of hydrogen-bond donors (Lipinski definition) is 2. The number of benzene rings is 1. The van der Waals surface area contributed by atoms with Gasteiger partial charge in [-0.3, -0.25) is 0 Å². The fourth-order valence-corrected chi connectivity index (χ4v) is 2.57. The molecule has 0 aliphatic heterocycles. The van der Waals surface area contributed by atoms with Crippen molar-refractivity contribution in [3.8, 4) is 0 Å².